The van der Waals surface area contributed by atoms with Crippen LogP contribution in [0.3, 0.4) is 0 Å². The molecule has 1 saturated heterocycles. The van der Waals surface area contributed by atoms with Gasteiger partial charge in [-0.1, -0.05) is 18.2 Å². The van der Waals surface area contributed by atoms with Crippen LogP contribution in [0.5, 0.6) is 0 Å². The Balaban J connectivity index is 1.96. The minimum absolute atomic E-state index is 0.255. The highest BCUT2D eigenvalue weighted by molar-refractivity contribution is 5.85. The van der Waals surface area contributed by atoms with Crippen LogP contribution in [0.1, 0.15) is 37.4 Å². The van der Waals surface area contributed by atoms with Crippen LogP contribution in [0.25, 0.3) is 10.9 Å². The van der Waals surface area contributed by atoms with Crippen molar-refractivity contribution in [2.75, 3.05) is 13.1 Å². The molecule has 0 spiro atoms. The normalized spacial score (nSPS) is 28.1. The van der Waals surface area contributed by atoms with Gasteiger partial charge < -0.3 is 4.98 Å². The van der Waals surface area contributed by atoms with Crippen molar-refractivity contribution in [3.8, 4) is 0 Å². The van der Waals surface area contributed by atoms with E-state index in [2.05, 4.69) is 41.1 Å². The quantitative estimate of drug-likeness (QED) is 0.747. The number of hydrogen-bond donors (Lipinski definition) is 1. The first kappa shape index (κ1) is 10.6. The van der Waals surface area contributed by atoms with Gasteiger partial charge in [0.2, 0.25) is 0 Å². The number of hydrogen-bond acceptors (Lipinski definition) is 1. The third kappa shape index (κ3) is 1.27. The smallest absolute Gasteiger partial charge is 0.0586 e. The number of nitrogens with one attached hydrogen (secondary N) is 1. The Hall–Kier alpha value is -1.28. The Morgan fingerprint density at radius 1 is 1.17 bits per heavy atom. The van der Waals surface area contributed by atoms with E-state index in [4.69, 9.17) is 0 Å². The lowest BCUT2D eigenvalue weighted by Crippen LogP contribution is -2.51. The number of piperidine rings is 1. The largest absolute Gasteiger partial charge is 0.357 e. The highest BCUT2D eigenvalue weighted by Gasteiger charge is 2.41. The zero-order valence-electron chi connectivity index (χ0n) is 11.0. The Kier molecular flexibility index (Phi) is 2.13. The average molecular weight is 240 g/mol. The Morgan fingerprint density at radius 2 is 2.06 bits per heavy atom. The SMILES string of the molecule is CC12CCCCN1CCc1c2[nH]c2ccccc12. The first-order valence-corrected chi connectivity index (χ1v) is 7.14. The van der Waals surface area contributed by atoms with Crippen molar-refractivity contribution < 1.29 is 0 Å². The van der Waals surface area contributed by atoms with Crippen molar-refractivity contribution in [2.24, 2.45) is 0 Å². The molecule has 4 rings (SSSR count). The molecule has 2 heteroatoms. The van der Waals surface area contributed by atoms with E-state index in [0.717, 1.165) is 0 Å². The highest BCUT2D eigenvalue weighted by atomic mass is 15.2. The van der Waals surface area contributed by atoms with E-state index in [0.29, 0.717) is 0 Å². The minimum atomic E-state index is 0.255. The molecule has 0 aliphatic carbocycles. The van der Waals surface area contributed by atoms with Crippen molar-refractivity contribution in [3.05, 3.63) is 35.5 Å². The summed E-state index contributed by atoms with van der Waals surface area (Å²) < 4.78 is 0. The molecule has 2 aromatic rings. The summed E-state index contributed by atoms with van der Waals surface area (Å²) in [6, 6.07) is 8.77. The summed E-state index contributed by atoms with van der Waals surface area (Å²) in [5.74, 6) is 0. The number of aromatic amines is 1. The van der Waals surface area contributed by atoms with Crippen molar-refractivity contribution in [3.63, 3.8) is 0 Å². The Labute approximate surface area is 108 Å². The standard InChI is InChI=1S/C16H20N2/c1-16-9-4-5-10-18(16)11-8-13-12-6-2-3-7-14(12)17-15(13)16/h2-3,6-7,17H,4-5,8-11H2,1H3. The van der Waals surface area contributed by atoms with Crippen LogP contribution >= 0.6 is 0 Å². The third-order valence-corrected chi connectivity index (χ3v) is 5.02. The predicted molar refractivity (Wildman–Crippen MR) is 74.8 cm³/mol. The molecule has 0 bridgehead atoms. The van der Waals surface area contributed by atoms with E-state index in [9.17, 15) is 0 Å². The zero-order valence-corrected chi connectivity index (χ0v) is 11.0. The van der Waals surface area contributed by atoms with Crippen molar-refractivity contribution in [2.45, 2.75) is 38.1 Å². The van der Waals surface area contributed by atoms with Crippen LogP contribution in [0.2, 0.25) is 0 Å². The summed E-state index contributed by atoms with van der Waals surface area (Å²) >= 11 is 0. The fraction of sp³-hybridized carbons (Fsp3) is 0.500. The second kappa shape index (κ2) is 3.61. The lowest BCUT2D eigenvalue weighted by molar-refractivity contribution is 0.0464. The maximum Gasteiger partial charge on any atom is 0.0586 e. The minimum Gasteiger partial charge on any atom is -0.357 e. The topological polar surface area (TPSA) is 19.0 Å². The summed E-state index contributed by atoms with van der Waals surface area (Å²) in [5, 5.41) is 1.44. The molecular weight excluding hydrogens is 220 g/mol. The molecule has 3 heterocycles. The van der Waals surface area contributed by atoms with Crippen LogP contribution in [0.4, 0.5) is 0 Å². The molecule has 0 radical (unpaired) electrons. The van der Waals surface area contributed by atoms with Gasteiger partial charge in [-0.15, -0.1) is 0 Å². The average Bonchev–Trinajstić information content (AvgIpc) is 2.78. The first-order chi connectivity index (χ1) is 8.79. The van der Waals surface area contributed by atoms with Gasteiger partial charge in [-0.2, -0.15) is 0 Å². The molecule has 2 nitrogen and oxygen atoms in total. The second-order valence-electron chi connectivity index (χ2n) is 5.99. The van der Waals surface area contributed by atoms with Gasteiger partial charge in [0.25, 0.3) is 0 Å². The zero-order chi connectivity index (χ0) is 12.2. The molecule has 18 heavy (non-hydrogen) atoms. The maximum absolute atomic E-state index is 3.71. The summed E-state index contributed by atoms with van der Waals surface area (Å²) in [6.07, 6.45) is 5.23. The fourth-order valence-electron chi connectivity index (χ4n) is 3.98. The van der Waals surface area contributed by atoms with Crippen LogP contribution in [-0.2, 0) is 12.0 Å². The molecule has 2 aliphatic heterocycles. The number of nitrogens with zero attached hydrogens (tertiary/aromatic N) is 1. The van der Waals surface area contributed by atoms with E-state index in [-0.39, 0.29) is 5.54 Å². The van der Waals surface area contributed by atoms with Crippen LogP contribution in [-0.4, -0.2) is 23.0 Å². The summed E-state index contributed by atoms with van der Waals surface area (Å²) in [7, 11) is 0. The van der Waals surface area contributed by atoms with E-state index < -0.39 is 0 Å². The molecule has 1 N–H and O–H groups in total. The van der Waals surface area contributed by atoms with Gasteiger partial charge in [-0.05, 0) is 50.8 Å². The first-order valence-electron chi connectivity index (χ1n) is 7.14. The van der Waals surface area contributed by atoms with Gasteiger partial charge in [0.05, 0.1) is 5.54 Å². The van der Waals surface area contributed by atoms with Crippen molar-refractivity contribution in [1.82, 2.24) is 9.88 Å². The van der Waals surface area contributed by atoms with Gasteiger partial charge in [-0.3, -0.25) is 4.90 Å². The van der Waals surface area contributed by atoms with E-state index >= 15 is 0 Å². The number of aromatic nitrogens is 1. The van der Waals surface area contributed by atoms with E-state index in [1.54, 1.807) is 5.56 Å². The maximum atomic E-state index is 3.71. The number of H-pyrrole nitrogens is 1. The number of rotatable bonds is 0. The number of fused-ring (bicyclic) bond motifs is 5. The molecule has 1 aromatic heterocycles. The Bertz CT molecular complexity index is 598. The van der Waals surface area contributed by atoms with Crippen molar-refractivity contribution in [1.29, 1.82) is 0 Å². The van der Waals surface area contributed by atoms with Gasteiger partial charge in [0, 0.05) is 23.1 Å². The molecular formula is C16H20N2. The molecule has 1 atom stereocenters. The summed E-state index contributed by atoms with van der Waals surface area (Å²) in [6.45, 7) is 4.93. The molecule has 94 valence electrons. The molecule has 1 aromatic carbocycles. The molecule has 0 amide bonds. The predicted octanol–water partition coefficient (Wildman–Crippen LogP) is 3.43. The van der Waals surface area contributed by atoms with E-state index in [1.807, 2.05) is 0 Å². The second-order valence-corrected chi connectivity index (χ2v) is 5.99. The van der Waals surface area contributed by atoms with Gasteiger partial charge in [0.1, 0.15) is 0 Å². The molecule has 0 saturated carbocycles. The van der Waals surface area contributed by atoms with Crippen LogP contribution in [0, 0.1) is 0 Å². The number of para-hydroxylation sites is 1. The lowest BCUT2D eigenvalue weighted by atomic mass is 9.80. The highest BCUT2D eigenvalue weighted by Crippen LogP contribution is 2.43. The number of benzene rings is 1. The van der Waals surface area contributed by atoms with Crippen LogP contribution in [0.15, 0.2) is 24.3 Å². The fourth-order valence-corrected chi connectivity index (χ4v) is 3.98. The summed E-state index contributed by atoms with van der Waals surface area (Å²) in [5.41, 5.74) is 4.64. The monoisotopic (exact) mass is 240 g/mol. The summed E-state index contributed by atoms with van der Waals surface area (Å²) in [4.78, 5) is 6.40. The molecule has 2 aliphatic rings. The molecule has 1 fully saturated rings. The lowest BCUT2D eigenvalue weighted by Gasteiger charge is -2.48. The van der Waals surface area contributed by atoms with Crippen molar-refractivity contribution >= 4 is 10.9 Å². The Morgan fingerprint density at radius 3 is 3.00 bits per heavy atom. The van der Waals surface area contributed by atoms with E-state index in [1.165, 1.54) is 55.4 Å². The van der Waals surface area contributed by atoms with Gasteiger partial charge >= 0.3 is 0 Å². The third-order valence-electron chi connectivity index (χ3n) is 5.02. The van der Waals surface area contributed by atoms with Gasteiger partial charge in [-0.25, -0.2) is 0 Å². The molecule has 1 unspecified atom stereocenters. The van der Waals surface area contributed by atoms with Gasteiger partial charge in [0.15, 0.2) is 0 Å². The van der Waals surface area contributed by atoms with Crippen LogP contribution < -0.4 is 0 Å².